The second-order valence-corrected chi connectivity index (χ2v) is 6.63. The molecule has 27 heavy (non-hydrogen) atoms. The van der Waals surface area contributed by atoms with E-state index in [2.05, 4.69) is 10.3 Å². The molecule has 0 saturated carbocycles. The first-order valence-corrected chi connectivity index (χ1v) is 8.77. The van der Waals surface area contributed by atoms with Gasteiger partial charge < -0.3 is 15.2 Å². The normalized spacial score (nSPS) is 13.1. The minimum Gasteiger partial charge on any atom is -0.389 e. The van der Waals surface area contributed by atoms with E-state index in [-0.39, 0.29) is 13.2 Å². The molecule has 0 aliphatic heterocycles. The number of thiazole rings is 1. The monoisotopic (exact) mass is 399 g/mol. The first-order chi connectivity index (χ1) is 12.8. The van der Waals surface area contributed by atoms with Crippen LogP contribution in [0.1, 0.15) is 16.1 Å². The largest absolute Gasteiger partial charge is 0.416 e. The minimum absolute atomic E-state index is 0.0322. The van der Waals surface area contributed by atoms with Gasteiger partial charge in [-0.15, -0.1) is 11.3 Å². The number of imidazole rings is 1. The maximum atomic E-state index is 12.7. The van der Waals surface area contributed by atoms with Crippen LogP contribution in [0.3, 0.4) is 0 Å². The molecule has 0 saturated heterocycles. The van der Waals surface area contributed by atoms with Gasteiger partial charge in [0, 0.05) is 30.8 Å². The van der Waals surface area contributed by atoms with Gasteiger partial charge >= 0.3 is 6.18 Å². The highest BCUT2D eigenvalue weighted by molar-refractivity contribution is 7.15. The molecule has 1 amide bonds. The highest BCUT2D eigenvalue weighted by Gasteiger charge is 2.30. The fraction of sp³-hybridized carbons (Fsp3) is 0.294. The van der Waals surface area contributed by atoms with Crippen LogP contribution in [0.15, 0.2) is 35.8 Å². The van der Waals surface area contributed by atoms with Gasteiger partial charge in [0.15, 0.2) is 4.96 Å². The summed E-state index contributed by atoms with van der Waals surface area (Å²) in [5.41, 5.74) is 0.567. The van der Waals surface area contributed by atoms with Crippen LogP contribution in [0.25, 0.3) is 16.2 Å². The molecule has 2 heterocycles. The van der Waals surface area contributed by atoms with Crippen LogP contribution in [-0.2, 0) is 10.9 Å². The Balaban J connectivity index is 1.80. The molecule has 0 aliphatic carbocycles. The van der Waals surface area contributed by atoms with E-state index in [0.29, 0.717) is 21.9 Å². The van der Waals surface area contributed by atoms with Crippen molar-refractivity contribution in [1.29, 1.82) is 0 Å². The molecule has 1 unspecified atom stereocenters. The molecule has 1 atom stereocenters. The smallest absolute Gasteiger partial charge is 0.389 e. The number of hydrogen-bond donors (Lipinski definition) is 2. The van der Waals surface area contributed by atoms with Crippen LogP contribution < -0.4 is 5.32 Å². The van der Waals surface area contributed by atoms with E-state index in [1.165, 1.54) is 30.6 Å². The van der Waals surface area contributed by atoms with Crippen LogP contribution in [0.4, 0.5) is 13.2 Å². The number of carbonyl (C=O) groups is 1. The van der Waals surface area contributed by atoms with E-state index in [9.17, 15) is 23.1 Å². The molecular formula is C17H16F3N3O3S. The second-order valence-electron chi connectivity index (χ2n) is 5.79. The Labute approximate surface area is 156 Å². The van der Waals surface area contributed by atoms with Crippen molar-refractivity contribution in [2.75, 3.05) is 20.3 Å². The molecule has 0 aliphatic rings. The van der Waals surface area contributed by atoms with E-state index in [4.69, 9.17) is 4.74 Å². The molecular weight excluding hydrogens is 383 g/mol. The predicted octanol–water partition coefficient (Wildman–Crippen LogP) is 2.82. The number of halogens is 3. The molecule has 144 valence electrons. The molecule has 10 heteroatoms. The number of alkyl halides is 3. The Morgan fingerprint density at radius 2 is 2.07 bits per heavy atom. The van der Waals surface area contributed by atoms with Crippen molar-refractivity contribution in [3.63, 3.8) is 0 Å². The van der Waals surface area contributed by atoms with Crippen LogP contribution in [0, 0.1) is 0 Å². The zero-order valence-corrected chi connectivity index (χ0v) is 15.0. The van der Waals surface area contributed by atoms with E-state index in [0.717, 1.165) is 12.1 Å². The number of nitrogens with one attached hydrogen (secondary N) is 1. The molecule has 0 spiro atoms. The Bertz CT molecular complexity index is 934. The van der Waals surface area contributed by atoms with E-state index >= 15 is 0 Å². The van der Waals surface area contributed by atoms with E-state index < -0.39 is 23.8 Å². The summed E-state index contributed by atoms with van der Waals surface area (Å²) in [4.78, 5) is 17.2. The highest BCUT2D eigenvalue weighted by Crippen LogP contribution is 2.31. The van der Waals surface area contributed by atoms with Crippen LogP contribution >= 0.6 is 11.3 Å². The Hall–Kier alpha value is -2.43. The standard InChI is InChI=1S/C17H16F3N3O3S/c1-26-8-12(24)6-21-15(25)14-9-27-16-22-13(7-23(14)16)10-2-4-11(5-3-10)17(18,19)20/h2-5,7,9,12,24H,6,8H2,1H3,(H,21,25). The van der Waals surface area contributed by atoms with Gasteiger partial charge in [-0.2, -0.15) is 13.2 Å². The fourth-order valence-electron chi connectivity index (χ4n) is 2.47. The molecule has 0 bridgehead atoms. The second kappa shape index (κ2) is 7.67. The third kappa shape index (κ3) is 4.29. The lowest BCUT2D eigenvalue weighted by Gasteiger charge is -2.10. The maximum Gasteiger partial charge on any atom is 0.416 e. The molecule has 2 N–H and O–H groups in total. The average molecular weight is 399 g/mol. The highest BCUT2D eigenvalue weighted by atomic mass is 32.1. The summed E-state index contributed by atoms with van der Waals surface area (Å²) in [7, 11) is 1.45. The Morgan fingerprint density at radius 1 is 1.37 bits per heavy atom. The van der Waals surface area contributed by atoms with Crippen LogP contribution in [-0.4, -0.2) is 46.8 Å². The molecule has 3 aromatic rings. The van der Waals surface area contributed by atoms with Crippen molar-refractivity contribution in [3.05, 3.63) is 47.1 Å². The van der Waals surface area contributed by atoms with Crippen molar-refractivity contribution >= 4 is 22.2 Å². The number of methoxy groups -OCH3 is 1. The van der Waals surface area contributed by atoms with Gasteiger partial charge in [0.1, 0.15) is 5.69 Å². The number of carbonyl (C=O) groups excluding carboxylic acids is 1. The van der Waals surface area contributed by atoms with Crippen molar-refractivity contribution in [1.82, 2.24) is 14.7 Å². The van der Waals surface area contributed by atoms with Gasteiger partial charge in [-0.25, -0.2) is 4.98 Å². The average Bonchev–Trinajstić information content (AvgIpc) is 3.20. The minimum atomic E-state index is -4.40. The van der Waals surface area contributed by atoms with E-state index in [1.54, 1.807) is 16.0 Å². The van der Waals surface area contributed by atoms with Gasteiger partial charge in [-0.1, -0.05) is 12.1 Å². The van der Waals surface area contributed by atoms with Crippen molar-refractivity contribution in [3.8, 4) is 11.3 Å². The zero-order chi connectivity index (χ0) is 19.6. The summed E-state index contributed by atoms with van der Waals surface area (Å²) in [6.45, 7) is 0.132. The molecule has 6 nitrogen and oxygen atoms in total. The predicted molar refractivity (Wildman–Crippen MR) is 93.7 cm³/mol. The Kier molecular flexibility index (Phi) is 5.49. The first-order valence-electron chi connectivity index (χ1n) is 7.89. The number of nitrogens with zero attached hydrogens (tertiary/aromatic N) is 2. The van der Waals surface area contributed by atoms with Crippen molar-refractivity contribution < 1.29 is 27.8 Å². The zero-order valence-electron chi connectivity index (χ0n) is 14.2. The number of aliphatic hydroxyl groups excluding tert-OH is 1. The van der Waals surface area contributed by atoms with Crippen molar-refractivity contribution in [2.24, 2.45) is 0 Å². The van der Waals surface area contributed by atoms with Gasteiger partial charge in [0.05, 0.1) is 24.0 Å². The molecule has 0 radical (unpaired) electrons. The number of fused-ring (bicyclic) bond motifs is 1. The van der Waals surface area contributed by atoms with Gasteiger partial charge in [-0.3, -0.25) is 9.20 Å². The summed E-state index contributed by atoms with van der Waals surface area (Å²) in [6.07, 6.45) is -3.63. The third-order valence-electron chi connectivity index (χ3n) is 3.81. The lowest BCUT2D eigenvalue weighted by Crippen LogP contribution is -2.34. The van der Waals surface area contributed by atoms with Crippen LogP contribution in [0.5, 0.6) is 0 Å². The van der Waals surface area contributed by atoms with Gasteiger partial charge in [0.2, 0.25) is 0 Å². The van der Waals surface area contributed by atoms with Crippen molar-refractivity contribution in [2.45, 2.75) is 12.3 Å². The summed E-state index contributed by atoms with van der Waals surface area (Å²) in [5, 5.41) is 13.8. The fourth-order valence-corrected chi connectivity index (χ4v) is 3.32. The lowest BCUT2D eigenvalue weighted by atomic mass is 10.1. The lowest BCUT2D eigenvalue weighted by molar-refractivity contribution is -0.137. The number of amides is 1. The molecule has 3 rings (SSSR count). The molecule has 0 fully saturated rings. The summed E-state index contributed by atoms with van der Waals surface area (Å²) in [5.74, 6) is -0.396. The molecule has 2 aromatic heterocycles. The number of aliphatic hydroxyl groups is 1. The number of ether oxygens (including phenoxy) is 1. The molecule has 1 aromatic carbocycles. The summed E-state index contributed by atoms with van der Waals surface area (Å²) < 4.78 is 44.4. The number of rotatable bonds is 6. The van der Waals surface area contributed by atoms with E-state index in [1.807, 2.05) is 0 Å². The number of hydrogen-bond acceptors (Lipinski definition) is 5. The summed E-state index contributed by atoms with van der Waals surface area (Å²) in [6, 6.07) is 4.67. The van der Waals surface area contributed by atoms with Crippen LogP contribution in [0.2, 0.25) is 0 Å². The topological polar surface area (TPSA) is 75.9 Å². The SMILES string of the molecule is COCC(O)CNC(=O)c1csc2nc(-c3ccc(C(F)(F)F)cc3)cn12. The third-order valence-corrected chi connectivity index (χ3v) is 4.65. The van der Waals surface area contributed by atoms with Gasteiger partial charge in [-0.05, 0) is 12.1 Å². The quantitative estimate of drug-likeness (QED) is 0.668. The number of aromatic nitrogens is 2. The number of benzene rings is 1. The maximum absolute atomic E-state index is 12.7. The Morgan fingerprint density at radius 3 is 2.70 bits per heavy atom. The van der Waals surface area contributed by atoms with Gasteiger partial charge in [0.25, 0.3) is 5.91 Å². The summed E-state index contributed by atoms with van der Waals surface area (Å²) >= 11 is 1.23. The first kappa shape index (κ1) is 19.3.